The molecule has 0 aliphatic rings. The van der Waals surface area contributed by atoms with Crippen LogP contribution in [0.5, 0.6) is 5.75 Å². The number of pyridine rings is 1. The molecule has 0 spiro atoms. The molecule has 0 saturated heterocycles. The highest BCUT2D eigenvalue weighted by Gasteiger charge is 2.32. The van der Waals surface area contributed by atoms with Crippen molar-refractivity contribution in [3.8, 4) is 5.75 Å². The van der Waals surface area contributed by atoms with Gasteiger partial charge in [0.1, 0.15) is 5.75 Å². The number of hydrogen-bond acceptors (Lipinski definition) is 4. The van der Waals surface area contributed by atoms with E-state index in [0.717, 1.165) is 11.3 Å². The molecule has 5 nitrogen and oxygen atoms in total. The number of methoxy groups -OCH3 is 1. The molecule has 172 valence electrons. The van der Waals surface area contributed by atoms with Crippen molar-refractivity contribution >= 4 is 35.3 Å². The van der Waals surface area contributed by atoms with E-state index in [-0.39, 0.29) is 23.8 Å². The van der Waals surface area contributed by atoms with Gasteiger partial charge in [-0.1, -0.05) is 84.4 Å². The van der Waals surface area contributed by atoms with Gasteiger partial charge in [-0.05, 0) is 23.8 Å². The highest BCUT2D eigenvalue weighted by atomic mass is 35.5. The highest BCUT2D eigenvalue weighted by Crippen LogP contribution is 2.44. The second-order valence-corrected chi connectivity index (χ2v) is 11.0. The molecule has 0 bridgehead atoms. The van der Waals surface area contributed by atoms with Crippen LogP contribution in [0.15, 0.2) is 103 Å². The molecule has 0 fully saturated rings. The molecule has 1 aromatic heterocycles. The number of amides is 1. The van der Waals surface area contributed by atoms with Gasteiger partial charge in [0.15, 0.2) is 7.14 Å². The predicted molar refractivity (Wildman–Crippen MR) is 137 cm³/mol. The Morgan fingerprint density at radius 1 is 0.912 bits per heavy atom. The number of halogens is 1. The highest BCUT2D eigenvalue weighted by molar-refractivity contribution is 7.78. The van der Waals surface area contributed by atoms with Crippen molar-refractivity contribution in [2.75, 3.05) is 13.4 Å². The van der Waals surface area contributed by atoms with Crippen LogP contribution in [-0.2, 0) is 11.1 Å². The average molecular weight is 491 g/mol. The van der Waals surface area contributed by atoms with E-state index in [2.05, 4.69) is 4.98 Å². The molecule has 0 radical (unpaired) electrons. The van der Waals surface area contributed by atoms with Crippen LogP contribution >= 0.6 is 18.7 Å². The second kappa shape index (κ2) is 10.7. The van der Waals surface area contributed by atoms with E-state index in [1.807, 2.05) is 84.9 Å². The topological polar surface area (TPSA) is 59.5 Å². The molecule has 7 heteroatoms. The van der Waals surface area contributed by atoms with E-state index in [1.165, 1.54) is 12.4 Å². The Balaban J connectivity index is 1.78. The van der Waals surface area contributed by atoms with E-state index in [0.29, 0.717) is 16.2 Å². The first-order valence-corrected chi connectivity index (χ1v) is 13.0. The number of rotatable bonds is 8. The molecule has 1 heterocycles. The summed E-state index contributed by atoms with van der Waals surface area (Å²) in [6, 6.07) is 27.7. The maximum atomic E-state index is 14.7. The van der Waals surface area contributed by atoms with E-state index < -0.39 is 7.14 Å². The predicted octanol–water partition coefficient (Wildman–Crippen LogP) is 5.36. The minimum Gasteiger partial charge on any atom is -0.497 e. The molecular weight excluding hydrogens is 467 g/mol. The molecule has 0 aliphatic carbocycles. The zero-order valence-electron chi connectivity index (χ0n) is 18.7. The van der Waals surface area contributed by atoms with E-state index >= 15 is 0 Å². The summed E-state index contributed by atoms with van der Waals surface area (Å²) in [6.07, 6.45) is 2.98. The number of carbonyl (C=O) groups excluding carboxylic acids is 1. The summed E-state index contributed by atoms with van der Waals surface area (Å²) < 4.78 is 19.9. The van der Waals surface area contributed by atoms with Gasteiger partial charge in [-0.25, -0.2) is 0 Å². The van der Waals surface area contributed by atoms with Crippen LogP contribution in [0.2, 0.25) is 5.02 Å². The van der Waals surface area contributed by atoms with Gasteiger partial charge in [0.25, 0.3) is 5.91 Å². The quantitative estimate of drug-likeness (QED) is 0.312. The van der Waals surface area contributed by atoms with Crippen molar-refractivity contribution in [3.05, 3.63) is 120 Å². The van der Waals surface area contributed by atoms with Crippen LogP contribution in [0.4, 0.5) is 0 Å². The Morgan fingerprint density at radius 2 is 1.50 bits per heavy atom. The van der Waals surface area contributed by atoms with Crippen LogP contribution in [0.3, 0.4) is 0 Å². The lowest BCUT2D eigenvalue weighted by atomic mass is 10.2. The zero-order chi connectivity index (χ0) is 24.0. The van der Waals surface area contributed by atoms with Gasteiger partial charge >= 0.3 is 0 Å². The van der Waals surface area contributed by atoms with Crippen molar-refractivity contribution in [2.24, 2.45) is 0 Å². The van der Waals surface area contributed by atoms with Crippen molar-refractivity contribution in [3.63, 3.8) is 0 Å². The van der Waals surface area contributed by atoms with E-state index in [4.69, 9.17) is 16.3 Å². The third-order valence-corrected chi connectivity index (χ3v) is 8.84. The smallest absolute Gasteiger partial charge is 0.256 e. The molecule has 4 rings (SSSR count). The maximum Gasteiger partial charge on any atom is 0.256 e. The van der Waals surface area contributed by atoms with Crippen LogP contribution in [0.1, 0.15) is 15.9 Å². The number of nitrogens with zero attached hydrogens (tertiary/aromatic N) is 2. The Labute approximate surface area is 204 Å². The van der Waals surface area contributed by atoms with Gasteiger partial charge in [-0.15, -0.1) is 0 Å². The lowest BCUT2D eigenvalue weighted by Gasteiger charge is -2.29. The third kappa shape index (κ3) is 5.22. The first-order valence-electron chi connectivity index (χ1n) is 10.7. The van der Waals surface area contributed by atoms with Crippen LogP contribution in [0.25, 0.3) is 0 Å². The monoisotopic (exact) mass is 490 g/mol. The van der Waals surface area contributed by atoms with Gasteiger partial charge in [0.05, 0.1) is 24.0 Å². The summed E-state index contributed by atoms with van der Waals surface area (Å²) in [6.45, 7) is 0.255. The van der Waals surface area contributed by atoms with Crippen molar-refractivity contribution in [1.82, 2.24) is 9.88 Å². The molecule has 4 aromatic rings. The largest absolute Gasteiger partial charge is 0.497 e. The molecular formula is C27H24ClN2O3P. The SMILES string of the molecule is COc1ccc(CN(CP(=O)(c2ccccc2)c2ccccc2)C(=O)c2ccncc2Cl)cc1. The van der Waals surface area contributed by atoms with E-state index in [1.54, 1.807) is 18.1 Å². The Bertz CT molecular complexity index is 1260. The van der Waals surface area contributed by atoms with Crippen molar-refractivity contribution in [2.45, 2.75) is 6.54 Å². The number of ether oxygens (including phenoxy) is 1. The van der Waals surface area contributed by atoms with Gasteiger partial charge < -0.3 is 14.2 Å². The summed E-state index contributed by atoms with van der Waals surface area (Å²) >= 11 is 6.32. The lowest BCUT2D eigenvalue weighted by Crippen LogP contribution is -2.35. The minimum absolute atomic E-state index is 0.0184. The van der Waals surface area contributed by atoms with Crippen molar-refractivity contribution < 1.29 is 14.1 Å². The fourth-order valence-corrected chi connectivity index (χ4v) is 6.59. The fourth-order valence-electron chi connectivity index (χ4n) is 3.75. The first kappa shape index (κ1) is 23.7. The molecule has 0 atom stereocenters. The maximum absolute atomic E-state index is 14.7. The van der Waals surface area contributed by atoms with Gasteiger partial charge in [-0.2, -0.15) is 0 Å². The summed E-state index contributed by atoms with van der Waals surface area (Å²) in [5, 5.41) is 1.63. The number of aromatic nitrogens is 1. The zero-order valence-corrected chi connectivity index (χ0v) is 20.3. The number of benzene rings is 3. The molecule has 0 N–H and O–H groups in total. The summed E-state index contributed by atoms with van der Waals surface area (Å²) in [7, 11) is -1.60. The first-order chi connectivity index (χ1) is 16.5. The fraction of sp³-hybridized carbons (Fsp3) is 0.111. The normalized spacial score (nSPS) is 11.1. The van der Waals surface area contributed by atoms with Crippen LogP contribution in [-0.4, -0.2) is 29.2 Å². The standard InChI is InChI=1S/C27H24ClN2O3P/c1-33-22-14-12-21(13-15-22)19-30(27(31)25-16-17-29-18-26(25)28)20-34(32,23-8-4-2-5-9-23)24-10-6-3-7-11-24/h2-18H,19-20H2,1H3. The third-order valence-electron chi connectivity index (χ3n) is 5.54. The average Bonchev–Trinajstić information content (AvgIpc) is 2.89. The lowest BCUT2D eigenvalue weighted by molar-refractivity contribution is 0.0772. The Hall–Kier alpha value is -3.40. The molecule has 34 heavy (non-hydrogen) atoms. The molecule has 3 aromatic carbocycles. The number of carbonyl (C=O) groups is 1. The van der Waals surface area contributed by atoms with Gasteiger partial charge in [0.2, 0.25) is 0 Å². The summed E-state index contributed by atoms with van der Waals surface area (Å²) in [5.74, 6) is 0.411. The van der Waals surface area contributed by atoms with E-state index in [9.17, 15) is 9.36 Å². The Kier molecular flexibility index (Phi) is 7.46. The number of hydrogen-bond donors (Lipinski definition) is 0. The minimum atomic E-state index is -3.20. The Morgan fingerprint density at radius 3 is 2.03 bits per heavy atom. The molecule has 0 unspecified atom stereocenters. The van der Waals surface area contributed by atoms with Crippen LogP contribution < -0.4 is 15.3 Å². The van der Waals surface area contributed by atoms with Gasteiger partial charge in [-0.3, -0.25) is 9.78 Å². The molecule has 0 aliphatic heterocycles. The van der Waals surface area contributed by atoms with Gasteiger partial charge in [0, 0.05) is 29.5 Å². The summed E-state index contributed by atoms with van der Waals surface area (Å²) in [5.41, 5.74) is 1.20. The van der Waals surface area contributed by atoms with Crippen molar-refractivity contribution in [1.29, 1.82) is 0 Å². The second-order valence-electron chi connectivity index (χ2n) is 7.76. The molecule has 1 amide bonds. The summed E-state index contributed by atoms with van der Waals surface area (Å²) in [4.78, 5) is 19.3. The van der Waals surface area contributed by atoms with Crippen LogP contribution in [0, 0.1) is 0 Å². The molecule has 0 saturated carbocycles.